The van der Waals surface area contributed by atoms with Crippen molar-refractivity contribution in [2.45, 2.75) is 24.9 Å². The lowest BCUT2D eigenvalue weighted by molar-refractivity contribution is 0.0266. The van der Waals surface area contributed by atoms with Crippen molar-refractivity contribution in [3.05, 3.63) is 47.9 Å². The van der Waals surface area contributed by atoms with E-state index in [1.165, 1.54) is 0 Å². The molecule has 0 spiro atoms. The van der Waals surface area contributed by atoms with Gasteiger partial charge in [0.2, 0.25) is 5.95 Å². The lowest BCUT2D eigenvalue weighted by atomic mass is 9.85. The molecule has 5 rings (SSSR count). The Bertz CT molecular complexity index is 1290. The molecule has 1 saturated heterocycles. The van der Waals surface area contributed by atoms with Gasteiger partial charge < -0.3 is 15.4 Å². The van der Waals surface area contributed by atoms with E-state index in [2.05, 4.69) is 59.6 Å². The van der Waals surface area contributed by atoms with Gasteiger partial charge in [-0.1, -0.05) is 41.6 Å². The Labute approximate surface area is 234 Å². The summed E-state index contributed by atoms with van der Waals surface area (Å²) in [6.07, 6.45) is 7.73. The van der Waals surface area contributed by atoms with Crippen LogP contribution in [0.2, 0.25) is 5.02 Å². The fourth-order valence-corrected chi connectivity index (χ4v) is 6.84. The first-order valence-electron chi connectivity index (χ1n) is 13.0. The number of ether oxygens (including phenoxy) is 1. The number of halogens is 1. The smallest absolute Gasteiger partial charge is 0.229 e. The van der Waals surface area contributed by atoms with Crippen molar-refractivity contribution in [3.8, 4) is 0 Å². The third-order valence-electron chi connectivity index (χ3n) is 7.34. The highest BCUT2D eigenvalue weighted by Crippen LogP contribution is 2.39. The predicted molar refractivity (Wildman–Crippen MR) is 160 cm³/mol. The van der Waals surface area contributed by atoms with Crippen LogP contribution < -0.4 is 15.9 Å². The Morgan fingerprint density at radius 2 is 1.84 bits per heavy atom. The zero-order chi connectivity index (χ0) is 26.7. The summed E-state index contributed by atoms with van der Waals surface area (Å²) in [5.74, 6) is 0.996. The average Bonchev–Trinajstić information content (AvgIpc) is 3.32. The monoisotopic (exact) mass is 574 g/mol. The Morgan fingerprint density at radius 1 is 1.08 bits per heavy atom. The molecule has 9 nitrogen and oxygen atoms in total. The topological polar surface area (TPSA) is 83.4 Å². The summed E-state index contributed by atoms with van der Waals surface area (Å²) in [6.45, 7) is 10.6. The molecule has 12 heteroatoms. The van der Waals surface area contributed by atoms with Crippen molar-refractivity contribution in [1.82, 2.24) is 29.5 Å². The second-order valence-electron chi connectivity index (χ2n) is 10.4. The summed E-state index contributed by atoms with van der Waals surface area (Å²) >= 11 is 12.2. The summed E-state index contributed by atoms with van der Waals surface area (Å²) in [5, 5.41) is 12.8. The van der Waals surface area contributed by atoms with Gasteiger partial charge >= 0.3 is 0 Å². The van der Waals surface area contributed by atoms with Gasteiger partial charge in [-0.15, -0.1) is 0 Å². The molecule has 2 aromatic heterocycles. The summed E-state index contributed by atoms with van der Waals surface area (Å²) in [4.78, 5) is 14.1. The molecule has 2 fully saturated rings. The van der Waals surface area contributed by atoms with E-state index in [1.54, 1.807) is 13.3 Å². The highest BCUT2D eigenvalue weighted by Gasteiger charge is 2.36. The molecule has 0 bridgehead atoms. The maximum atomic E-state index is 6.43. The van der Waals surface area contributed by atoms with Crippen molar-refractivity contribution in [3.63, 3.8) is 0 Å². The minimum Gasteiger partial charge on any atom is -0.383 e. The molecule has 0 radical (unpaired) electrons. The summed E-state index contributed by atoms with van der Waals surface area (Å²) in [7, 11) is 1.77. The number of nitrogens with zero attached hydrogens (tertiary/aromatic N) is 6. The van der Waals surface area contributed by atoms with Crippen LogP contribution in [0.25, 0.3) is 0 Å². The maximum absolute atomic E-state index is 6.43. The van der Waals surface area contributed by atoms with Gasteiger partial charge in [0, 0.05) is 63.1 Å². The van der Waals surface area contributed by atoms with Gasteiger partial charge in [0.05, 0.1) is 30.7 Å². The second-order valence-corrected chi connectivity index (χ2v) is 16.7. The Hall–Kier alpha value is -2.07. The van der Waals surface area contributed by atoms with Crippen LogP contribution in [-0.4, -0.2) is 95.4 Å². The van der Waals surface area contributed by atoms with Crippen LogP contribution in [0.5, 0.6) is 0 Å². The van der Waals surface area contributed by atoms with E-state index in [0.717, 1.165) is 68.9 Å². The lowest BCUT2D eigenvalue weighted by Crippen LogP contribution is -2.54. The molecule has 0 unspecified atom stereocenters. The van der Waals surface area contributed by atoms with E-state index in [4.69, 9.17) is 28.1 Å². The molecule has 0 atom stereocenters. The third kappa shape index (κ3) is 6.55. The highest BCUT2D eigenvalue weighted by molar-refractivity contribution is 8.17. The number of para-hydroxylation sites is 1. The zero-order valence-electron chi connectivity index (χ0n) is 22.2. The molecule has 0 amide bonds. The minimum atomic E-state index is -1.65. The fourth-order valence-electron chi connectivity index (χ4n) is 5.07. The largest absolute Gasteiger partial charge is 0.383 e. The van der Waals surface area contributed by atoms with Crippen molar-refractivity contribution < 1.29 is 4.74 Å². The number of rotatable bonds is 10. The number of hydrogen-bond acceptors (Lipinski definition) is 9. The Balaban J connectivity index is 1.17. The summed E-state index contributed by atoms with van der Waals surface area (Å²) < 4.78 is 7.28. The normalized spacial score (nSPS) is 20.7. The van der Waals surface area contributed by atoms with Gasteiger partial charge in [0.15, 0.2) is 5.82 Å². The molecule has 1 aliphatic heterocycles. The van der Waals surface area contributed by atoms with E-state index < -0.39 is 6.04 Å². The van der Waals surface area contributed by atoms with Gasteiger partial charge in [0.1, 0.15) is 5.02 Å². The van der Waals surface area contributed by atoms with Gasteiger partial charge in [-0.2, -0.15) is 10.1 Å². The molecular formula is C26H36ClN8OPS. The van der Waals surface area contributed by atoms with E-state index in [9.17, 15) is 0 Å². The van der Waals surface area contributed by atoms with Crippen LogP contribution in [0.1, 0.15) is 18.9 Å². The van der Waals surface area contributed by atoms with E-state index in [-0.39, 0.29) is 0 Å². The van der Waals surface area contributed by atoms with Crippen LogP contribution >= 0.6 is 17.6 Å². The van der Waals surface area contributed by atoms with Crippen molar-refractivity contribution in [1.29, 1.82) is 0 Å². The first kappa shape index (κ1) is 27.5. The molecule has 2 N–H and O–H groups in total. The van der Waals surface area contributed by atoms with Crippen molar-refractivity contribution in [2.24, 2.45) is 0 Å². The average molecular weight is 575 g/mol. The molecule has 3 aromatic rings. The number of benzene rings is 1. The van der Waals surface area contributed by atoms with Crippen LogP contribution in [0, 0.1) is 0 Å². The van der Waals surface area contributed by atoms with Crippen LogP contribution in [0.15, 0.2) is 42.9 Å². The van der Waals surface area contributed by atoms with Gasteiger partial charge in [0.25, 0.3) is 0 Å². The predicted octanol–water partition coefficient (Wildman–Crippen LogP) is 4.15. The molecule has 3 heterocycles. The fraction of sp³-hybridized carbons (Fsp3) is 0.500. The SMILES string of the molecule is COCCN1CCN(C2CC(n3cc(Nc4ncc(Cl)c(Nc5ccccc5P(C)(C)=S)n4)cn3)C2)CC1. The number of aromatic nitrogens is 4. The van der Waals surface area contributed by atoms with E-state index in [0.29, 0.717) is 28.9 Å². The number of hydrogen-bond donors (Lipinski definition) is 2. The first-order chi connectivity index (χ1) is 18.3. The molecule has 204 valence electrons. The van der Waals surface area contributed by atoms with Gasteiger partial charge in [-0.25, -0.2) is 4.98 Å². The van der Waals surface area contributed by atoms with E-state index >= 15 is 0 Å². The van der Waals surface area contributed by atoms with Crippen molar-refractivity contribution in [2.75, 3.05) is 70.4 Å². The second kappa shape index (κ2) is 12.0. The number of nitrogens with one attached hydrogen (secondary N) is 2. The molecule has 1 aliphatic carbocycles. The summed E-state index contributed by atoms with van der Waals surface area (Å²) in [6, 6.07) is 7.48. The molecular weight excluding hydrogens is 539 g/mol. The van der Waals surface area contributed by atoms with Crippen LogP contribution in [0.3, 0.4) is 0 Å². The highest BCUT2D eigenvalue weighted by atomic mass is 35.5. The van der Waals surface area contributed by atoms with Gasteiger partial charge in [-0.3, -0.25) is 14.5 Å². The quantitative estimate of drug-likeness (QED) is 0.347. The van der Waals surface area contributed by atoms with Crippen LogP contribution in [0.4, 0.5) is 23.1 Å². The van der Waals surface area contributed by atoms with Gasteiger partial charge in [-0.05, 0) is 38.3 Å². The number of piperazine rings is 1. The lowest BCUT2D eigenvalue weighted by Gasteiger charge is -2.46. The molecule has 1 saturated carbocycles. The minimum absolute atomic E-state index is 0.423. The summed E-state index contributed by atoms with van der Waals surface area (Å²) in [5.41, 5.74) is 1.78. The van der Waals surface area contributed by atoms with E-state index in [1.807, 2.05) is 30.6 Å². The van der Waals surface area contributed by atoms with Crippen molar-refractivity contribution >= 4 is 57.9 Å². The molecule has 2 aliphatic rings. The Morgan fingerprint density at radius 3 is 2.58 bits per heavy atom. The zero-order valence-corrected chi connectivity index (χ0v) is 24.6. The number of methoxy groups -OCH3 is 1. The molecule has 38 heavy (non-hydrogen) atoms. The maximum Gasteiger partial charge on any atom is 0.229 e. The third-order valence-corrected chi connectivity index (χ3v) is 9.75. The standard InChI is InChI=1S/C26H36ClN8OPS/c1-36-13-12-33-8-10-34(11-9-33)20-14-21(15-20)35-18-19(16-29-35)30-26-28-17-22(27)25(32-26)31-23-6-4-5-7-24(23)37(2,3)38/h4-7,16-18,20-21H,8-15H2,1-3H3,(H2,28,30,31,32). The first-order valence-corrected chi connectivity index (χ1v) is 17.1. The molecule has 1 aromatic carbocycles. The number of anilines is 4. The Kier molecular flexibility index (Phi) is 8.67. The van der Waals surface area contributed by atoms with Crippen LogP contribution in [-0.2, 0) is 16.5 Å².